The van der Waals surface area contributed by atoms with Gasteiger partial charge in [-0.15, -0.1) is 0 Å². The molecule has 2 aromatic heterocycles. The summed E-state index contributed by atoms with van der Waals surface area (Å²) in [4.78, 5) is 24.3. The first kappa shape index (κ1) is 21.5. The van der Waals surface area contributed by atoms with Crippen LogP contribution in [0, 0.1) is 5.41 Å². The van der Waals surface area contributed by atoms with Crippen molar-refractivity contribution in [3.63, 3.8) is 0 Å². The van der Waals surface area contributed by atoms with Gasteiger partial charge in [-0.25, -0.2) is 9.97 Å². The van der Waals surface area contributed by atoms with E-state index in [2.05, 4.69) is 16.8 Å². The zero-order chi connectivity index (χ0) is 21.8. The molecule has 0 radical (unpaired) electrons. The monoisotopic (exact) mass is 424 g/mol. The van der Waals surface area contributed by atoms with E-state index in [0.29, 0.717) is 30.0 Å². The van der Waals surface area contributed by atoms with E-state index < -0.39 is 0 Å². The van der Waals surface area contributed by atoms with E-state index in [1.165, 1.54) is 6.21 Å². The molecule has 8 nitrogen and oxygen atoms in total. The molecule has 2 aliphatic heterocycles. The van der Waals surface area contributed by atoms with Crippen molar-refractivity contribution in [1.82, 2.24) is 9.97 Å². The van der Waals surface area contributed by atoms with Crippen molar-refractivity contribution in [1.29, 1.82) is 5.41 Å². The number of quaternary nitrogens is 1. The molecule has 2 saturated heterocycles. The Morgan fingerprint density at radius 2 is 2.23 bits per heavy atom. The quantitative estimate of drug-likeness (QED) is 0.544. The highest BCUT2D eigenvalue weighted by Gasteiger charge is 2.26. The summed E-state index contributed by atoms with van der Waals surface area (Å²) in [6.45, 7) is 6.40. The molecule has 0 aliphatic carbocycles. The lowest BCUT2D eigenvalue weighted by molar-refractivity contribution is -0.653. The van der Waals surface area contributed by atoms with Gasteiger partial charge >= 0.3 is 0 Å². The number of morpholine rings is 1. The topological polar surface area (TPSA) is 105 Å². The highest BCUT2D eigenvalue weighted by molar-refractivity contribution is 6.08. The minimum atomic E-state index is -0.0103. The number of hydrogen-bond acceptors (Lipinski definition) is 7. The molecular formula is C23H30N5O3+. The molecule has 0 aromatic carbocycles. The van der Waals surface area contributed by atoms with Crippen LogP contribution in [-0.2, 0) is 9.47 Å². The fourth-order valence-corrected chi connectivity index (χ4v) is 4.26. The summed E-state index contributed by atoms with van der Waals surface area (Å²) in [5.41, 5.74) is 2.76. The predicted octanol–water partition coefficient (Wildman–Crippen LogP) is 2.14. The van der Waals surface area contributed by atoms with Crippen LogP contribution in [0.1, 0.15) is 49.2 Å². The number of Topliss-reactive ketones (excluding diaryl/α,β-unsaturated/α-hetero) is 1. The molecule has 0 saturated carbocycles. The van der Waals surface area contributed by atoms with Crippen molar-refractivity contribution in [3.8, 4) is 0 Å². The number of pyridine rings is 2. The number of ketones is 1. The van der Waals surface area contributed by atoms with Gasteiger partial charge in [0, 0.05) is 42.4 Å². The molecule has 2 aromatic rings. The summed E-state index contributed by atoms with van der Waals surface area (Å²) < 4.78 is 11.5. The average molecular weight is 425 g/mol. The Labute approximate surface area is 182 Å². The van der Waals surface area contributed by atoms with Gasteiger partial charge in [0.2, 0.25) is 0 Å². The molecule has 4 heterocycles. The van der Waals surface area contributed by atoms with Gasteiger partial charge in [0.25, 0.3) is 0 Å². The van der Waals surface area contributed by atoms with Crippen LogP contribution in [-0.4, -0.2) is 60.6 Å². The zero-order valence-electron chi connectivity index (χ0n) is 18.1. The molecule has 2 atom stereocenters. The van der Waals surface area contributed by atoms with E-state index in [4.69, 9.17) is 19.9 Å². The number of carbonyl (C=O) groups is 1. The van der Waals surface area contributed by atoms with Crippen LogP contribution in [0.4, 0.5) is 5.82 Å². The van der Waals surface area contributed by atoms with E-state index in [0.717, 1.165) is 49.3 Å². The largest absolute Gasteiger partial charge is 0.377 e. The van der Waals surface area contributed by atoms with Gasteiger partial charge in [-0.2, -0.15) is 0 Å². The van der Waals surface area contributed by atoms with Gasteiger partial charge in [-0.3, -0.25) is 10.1 Å². The molecule has 3 N–H and O–H groups in total. The van der Waals surface area contributed by atoms with Gasteiger partial charge in [-0.05, 0) is 38.8 Å². The number of carbonyl (C=O) groups excluding carboxylic acids is 1. The Bertz CT molecular complexity index is 1000. The van der Waals surface area contributed by atoms with Crippen molar-refractivity contribution < 1.29 is 19.6 Å². The fraction of sp³-hybridized carbons (Fsp3) is 0.478. The van der Waals surface area contributed by atoms with Gasteiger partial charge in [0.05, 0.1) is 25.9 Å². The van der Waals surface area contributed by atoms with E-state index in [1.807, 2.05) is 17.4 Å². The van der Waals surface area contributed by atoms with Crippen molar-refractivity contribution >= 4 is 34.4 Å². The Morgan fingerprint density at radius 3 is 2.94 bits per heavy atom. The van der Waals surface area contributed by atoms with Crippen LogP contribution < -0.4 is 10.2 Å². The second kappa shape index (κ2) is 9.64. The second-order valence-corrected chi connectivity index (χ2v) is 8.12. The molecule has 0 bridgehead atoms. The number of hydrogen-bond donors (Lipinski definition) is 2. The van der Waals surface area contributed by atoms with Crippen LogP contribution in [0.5, 0.6) is 0 Å². The van der Waals surface area contributed by atoms with E-state index in [1.54, 1.807) is 19.2 Å². The van der Waals surface area contributed by atoms with E-state index in [9.17, 15) is 4.79 Å². The molecule has 2 aliphatic rings. The minimum absolute atomic E-state index is 0.00766. The molecule has 2 fully saturated rings. The smallest absolute Gasteiger partial charge is 0.194 e. The minimum Gasteiger partial charge on any atom is -0.377 e. The Hall–Kier alpha value is -2.68. The summed E-state index contributed by atoms with van der Waals surface area (Å²) >= 11 is 0. The lowest BCUT2D eigenvalue weighted by Crippen LogP contribution is -2.88. The van der Waals surface area contributed by atoms with Crippen molar-refractivity contribution in [2.24, 2.45) is 0 Å². The summed E-state index contributed by atoms with van der Waals surface area (Å²) in [6.07, 6.45) is 7.82. The number of nitrogens with one attached hydrogen (secondary N) is 1. The number of anilines is 1. The molecule has 2 unspecified atom stereocenters. The van der Waals surface area contributed by atoms with Gasteiger partial charge in [0.15, 0.2) is 23.4 Å². The third-order valence-electron chi connectivity index (χ3n) is 5.87. The normalized spacial score (nSPS) is 22.5. The molecule has 0 spiro atoms. The maximum atomic E-state index is 12.5. The van der Waals surface area contributed by atoms with Gasteiger partial charge in [0.1, 0.15) is 11.3 Å². The number of nitrogens with two attached hydrogens (primary N) is 1. The lowest BCUT2D eigenvalue weighted by atomic mass is 10.0. The first-order chi connectivity index (χ1) is 15.1. The third-order valence-corrected chi connectivity index (χ3v) is 5.87. The average Bonchev–Trinajstić information content (AvgIpc) is 2.78. The van der Waals surface area contributed by atoms with Crippen LogP contribution in [0.3, 0.4) is 0 Å². The number of ether oxygens (including phenoxy) is 2. The number of fused-ring (bicyclic) bond motifs is 1. The van der Waals surface area contributed by atoms with Gasteiger partial charge < -0.3 is 19.8 Å². The number of allylic oxidation sites excluding steroid dienone is 1. The molecule has 164 valence electrons. The van der Waals surface area contributed by atoms with E-state index in [-0.39, 0.29) is 18.1 Å². The van der Waals surface area contributed by atoms with Crippen molar-refractivity contribution in [2.45, 2.75) is 45.4 Å². The van der Waals surface area contributed by atoms with Crippen LogP contribution >= 0.6 is 0 Å². The maximum Gasteiger partial charge on any atom is 0.194 e. The van der Waals surface area contributed by atoms with Crippen molar-refractivity contribution in [2.75, 3.05) is 31.3 Å². The van der Waals surface area contributed by atoms with Crippen LogP contribution in [0.15, 0.2) is 24.4 Å². The first-order valence-electron chi connectivity index (χ1n) is 10.9. The molecule has 31 heavy (non-hydrogen) atoms. The Morgan fingerprint density at radius 1 is 1.35 bits per heavy atom. The van der Waals surface area contributed by atoms with Crippen LogP contribution in [0.25, 0.3) is 16.6 Å². The zero-order valence-corrected chi connectivity index (χ0v) is 18.1. The summed E-state index contributed by atoms with van der Waals surface area (Å²) in [5, 5.41) is 10.5. The highest BCUT2D eigenvalue weighted by Crippen LogP contribution is 2.28. The number of nitrogens with zero attached hydrogens (tertiary/aromatic N) is 3. The molecule has 8 heteroatoms. The summed E-state index contributed by atoms with van der Waals surface area (Å²) in [5.74, 6) is 0.745. The molecule has 0 amide bonds. The Balaban J connectivity index is 1.83. The number of aromatic nitrogens is 2. The highest BCUT2D eigenvalue weighted by atomic mass is 16.5. The van der Waals surface area contributed by atoms with Crippen molar-refractivity contribution in [3.05, 3.63) is 35.7 Å². The number of rotatable bonds is 6. The fourth-order valence-electron chi connectivity index (χ4n) is 4.26. The Kier molecular flexibility index (Phi) is 6.70. The molecular weight excluding hydrogens is 394 g/mol. The lowest BCUT2D eigenvalue weighted by Gasteiger charge is -2.34. The summed E-state index contributed by atoms with van der Waals surface area (Å²) in [6, 6.07) is 3.88. The second-order valence-electron chi connectivity index (χ2n) is 8.12. The summed E-state index contributed by atoms with van der Waals surface area (Å²) in [7, 11) is 0. The van der Waals surface area contributed by atoms with Gasteiger partial charge in [-0.1, -0.05) is 0 Å². The first-order valence-corrected chi connectivity index (χ1v) is 10.9. The van der Waals surface area contributed by atoms with E-state index >= 15 is 0 Å². The van der Waals surface area contributed by atoms with Crippen LogP contribution in [0.2, 0.25) is 0 Å². The maximum absolute atomic E-state index is 12.5. The standard InChI is InChI=1S/C23H29N5O3/c1-15-14-30-12-10-28(15)20-13-18(16(2)29)17-7-9-25-23(22(17)27-20)19(6-8-24)26-21-5-3-4-11-31-21/h6-9,13,15,21,24,26H,3-5,10-12,14H2,1-2H3/p+1. The third kappa shape index (κ3) is 4.66. The predicted molar refractivity (Wildman–Crippen MR) is 119 cm³/mol. The SMILES string of the molecule is CC(=O)c1cc(N2CCOCC2C)nc2c(C(=CC=N)[NH2+]C3CCCCO3)nccc12. The molecule has 4 rings (SSSR count).